The first kappa shape index (κ1) is 21.5. The van der Waals surface area contributed by atoms with Crippen LogP contribution in [0.25, 0.3) is 38.0 Å². The minimum Gasteiger partial charge on any atom is -0.446 e. The van der Waals surface area contributed by atoms with Gasteiger partial charge in [0, 0.05) is 27.2 Å². The third kappa shape index (κ3) is 3.37. The molecule has 0 radical (unpaired) electrons. The number of hydrogen-bond donors (Lipinski definition) is 0. The fourth-order valence-corrected chi connectivity index (χ4v) is 6.84. The van der Waals surface area contributed by atoms with E-state index in [1.54, 1.807) is 0 Å². The highest BCUT2D eigenvalue weighted by Crippen LogP contribution is 2.51. The van der Waals surface area contributed by atoms with Crippen molar-refractivity contribution in [1.82, 2.24) is 4.98 Å². The highest BCUT2D eigenvalue weighted by Gasteiger charge is 2.33. The van der Waals surface area contributed by atoms with E-state index in [-0.39, 0.29) is 5.41 Å². The number of benzene rings is 2. The second kappa shape index (κ2) is 7.74. The highest BCUT2D eigenvalue weighted by atomic mass is 32.2. The maximum atomic E-state index is 5.98. The minimum atomic E-state index is 0.0264. The van der Waals surface area contributed by atoms with E-state index in [2.05, 4.69) is 101 Å². The van der Waals surface area contributed by atoms with Crippen LogP contribution < -0.4 is 0 Å². The Bertz CT molecular complexity index is 1540. The molecular weight excluding hydrogens is 434 g/mol. The summed E-state index contributed by atoms with van der Waals surface area (Å²) < 4.78 is 5.98. The number of nitrogens with zero attached hydrogens (tertiary/aromatic N) is 1. The summed E-state index contributed by atoms with van der Waals surface area (Å²) in [7, 11) is 0. The molecule has 2 aromatic heterocycles. The Labute approximate surface area is 205 Å². The molecule has 3 heteroatoms. The van der Waals surface area contributed by atoms with Crippen LogP contribution in [0.2, 0.25) is 0 Å². The van der Waals surface area contributed by atoms with E-state index in [4.69, 9.17) is 9.40 Å². The van der Waals surface area contributed by atoms with E-state index >= 15 is 0 Å². The molecule has 34 heavy (non-hydrogen) atoms. The van der Waals surface area contributed by atoms with Gasteiger partial charge in [0.25, 0.3) is 0 Å². The van der Waals surface area contributed by atoms with Gasteiger partial charge in [0.1, 0.15) is 0 Å². The molecule has 2 unspecified atom stereocenters. The van der Waals surface area contributed by atoms with Crippen molar-refractivity contribution in [2.45, 2.75) is 45.3 Å². The average molecular weight is 464 g/mol. The van der Waals surface area contributed by atoms with Crippen LogP contribution in [0.3, 0.4) is 0 Å². The van der Waals surface area contributed by atoms with Gasteiger partial charge in [0.2, 0.25) is 5.71 Å². The smallest absolute Gasteiger partial charge is 0.227 e. The first-order chi connectivity index (χ1) is 16.3. The Hall–Kier alpha value is -3.04. The normalized spacial score (nSPS) is 20.0. The van der Waals surface area contributed by atoms with Gasteiger partial charge in [-0.05, 0) is 59.4 Å². The van der Waals surface area contributed by atoms with Gasteiger partial charge in [-0.3, -0.25) is 0 Å². The maximum Gasteiger partial charge on any atom is 0.227 e. The van der Waals surface area contributed by atoms with Gasteiger partial charge >= 0.3 is 0 Å². The SMILES string of the molecule is CC1=C(c2cc(-c3cc(C(C)(C)C)c4ccccc4c3)nc3occ(C)c23)SC2C=CC=CC12. The highest BCUT2D eigenvalue weighted by molar-refractivity contribution is 8.09. The summed E-state index contributed by atoms with van der Waals surface area (Å²) in [6.07, 6.45) is 10.8. The van der Waals surface area contributed by atoms with Crippen molar-refractivity contribution in [3.8, 4) is 11.3 Å². The molecule has 2 atom stereocenters. The molecule has 2 aliphatic rings. The Morgan fingerprint density at radius 1 is 0.971 bits per heavy atom. The zero-order valence-electron chi connectivity index (χ0n) is 20.3. The molecule has 4 aromatic rings. The molecule has 2 aromatic carbocycles. The van der Waals surface area contributed by atoms with Crippen LogP contribution in [-0.2, 0) is 5.41 Å². The lowest BCUT2D eigenvalue weighted by Crippen LogP contribution is -2.12. The van der Waals surface area contributed by atoms with Crippen molar-refractivity contribution in [1.29, 1.82) is 0 Å². The summed E-state index contributed by atoms with van der Waals surface area (Å²) in [5, 5.41) is 4.15. The summed E-state index contributed by atoms with van der Waals surface area (Å²) >= 11 is 1.97. The van der Waals surface area contributed by atoms with Gasteiger partial charge in [-0.1, -0.05) is 74.9 Å². The maximum absolute atomic E-state index is 5.98. The molecule has 6 rings (SSSR count). The zero-order chi connectivity index (χ0) is 23.6. The minimum absolute atomic E-state index is 0.0264. The topological polar surface area (TPSA) is 26.0 Å². The van der Waals surface area contributed by atoms with E-state index < -0.39 is 0 Å². The third-order valence-corrected chi connectivity index (χ3v) is 8.63. The first-order valence-corrected chi connectivity index (χ1v) is 12.8. The van der Waals surface area contributed by atoms with Crippen LogP contribution in [0.15, 0.2) is 83.0 Å². The Balaban J connectivity index is 1.60. The molecule has 0 bridgehead atoms. The molecule has 1 aliphatic heterocycles. The van der Waals surface area contributed by atoms with E-state index in [0.29, 0.717) is 11.2 Å². The second-order valence-electron chi connectivity index (χ2n) is 10.5. The van der Waals surface area contributed by atoms with E-state index in [1.165, 1.54) is 32.4 Å². The number of allylic oxidation sites excluding steroid dienone is 4. The number of hydrogen-bond acceptors (Lipinski definition) is 3. The molecule has 0 fully saturated rings. The Morgan fingerprint density at radius 2 is 1.76 bits per heavy atom. The summed E-state index contributed by atoms with van der Waals surface area (Å²) in [5.41, 5.74) is 8.01. The van der Waals surface area contributed by atoms with Crippen molar-refractivity contribution in [3.05, 3.63) is 95.3 Å². The van der Waals surface area contributed by atoms with Crippen molar-refractivity contribution in [3.63, 3.8) is 0 Å². The van der Waals surface area contributed by atoms with Crippen molar-refractivity contribution in [2.24, 2.45) is 5.92 Å². The monoisotopic (exact) mass is 463 g/mol. The number of aryl methyl sites for hydroxylation is 1. The van der Waals surface area contributed by atoms with Crippen LogP contribution in [0.5, 0.6) is 0 Å². The first-order valence-electron chi connectivity index (χ1n) is 12.0. The molecule has 3 heterocycles. The summed E-state index contributed by atoms with van der Waals surface area (Å²) in [4.78, 5) is 6.38. The van der Waals surface area contributed by atoms with Crippen LogP contribution in [0.1, 0.15) is 44.4 Å². The van der Waals surface area contributed by atoms with E-state index in [0.717, 1.165) is 27.9 Å². The van der Waals surface area contributed by atoms with Crippen molar-refractivity contribution >= 4 is 38.5 Å². The molecule has 0 spiro atoms. The second-order valence-corrected chi connectivity index (χ2v) is 11.7. The van der Waals surface area contributed by atoms with Crippen molar-refractivity contribution < 1.29 is 4.42 Å². The quantitative estimate of drug-likeness (QED) is 0.297. The Morgan fingerprint density at radius 3 is 2.56 bits per heavy atom. The molecule has 0 saturated heterocycles. The molecule has 0 N–H and O–H groups in total. The van der Waals surface area contributed by atoms with Crippen molar-refractivity contribution in [2.75, 3.05) is 0 Å². The van der Waals surface area contributed by atoms with E-state index in [9.17, 15) is 0 Å². The predicted molar refractivity (Wildman–Crippen MR) is 146 cm³/mol. The number of fused-ring (bicyclic) bond motifs is 3. The van der Waals surface area contributed by atoms with Crippen LogP contribution in [0.4, 0.5) is 0 Å². The summed E-state index contributed by atoms with van der Waals surface area (Å²) in [6, 6.07) is 15.6. The van der Waals surface area contributed by atoms with Gasteiger partial charge < -0.3 is 4.42 Å². The van der Waals surface area contributed by atoms with Gasteiger partial charge in [0.15, 0.2) is 0 Å². The lowest BCUT2D eigenvalue weighted by Gasteiger charge is -2.23. The van der Waals surface area contributed by atoms with Crippen LogP contribution in [-0.4, -0.2) is 10.2 Å². The molecule has 0 saturated carbocycles. The molecular formula is C31H29NOS. The molecule has 2 nitrogen and oxygen atoms in total. The van der Waals surface area contributed by atoms with Crippen LogP contribution >= 0.6 is 11.8 Å². The van der Waals surface area contributed by atoms with E-state index in [1.807, 2.05) is 18.0 Å². The lowest BCUT2D eigenvalue weighted by molar-refractivity contribution is 0.596. The number of rotatable bonds is 2. The van der Waals surface area contributed by atoms with Crippen LogP contribution in [0, 0.1) is 12.8 Å². The molecule has 1 aliphatic carbocycles. The molecule has 170 valence electrons. The predicted octanol–water partition coefficient (Wildman–Crippen LogP) is 8.84. The molecule has 0 amide bonds. The third-order valence-electron chi connectivity index (χ3n) is 7.13. The summed E-state index contributed by atoms with van der Waals surface area (Å²) in [6.45, 7) is 11.2. The average Bonchev–Trinajstić information content (AvgIpc) is 3.37. The number of furan rings is 1. The van der Waals surface area contributed by atoms with Gasteiger partial charge in [0.05, 0.1) is 17.3 Å². The number of aromatic nitrogens is 1. The fourth-order valence-electron chi connectivity index (χ4n) is 5.34. The summed E-state index contributed by atoms with van der Waals surface area (Å²) in [5.74, 6) is 0.456. The zero-order valence-corrected chi connectivity index (χ0v) is 21.2. The standard InChI is InChI=1S/C31H29NOS/c1-18-17-33-30-28(18)24(29-19(2)22-11-8-9-13-27(22)34-29)16-26(32-30)21-14-20-10-6-7-12-23(20)25(15-21)31(3,4)5/h6-17,22,27H,1-5H3. The largest absolute Gasteiger partial charge is 0.446 e. The van der Waals surface area contributed by atoms with Gasteiger partial charge in [-0.2, -0.15) is 0 Å². The van der Waals surface area contributed by atoms with Gasteiger partial charge in [-0.25, -0.2) is 4.98 Å². The lowest BCUT2D eigenvalue weighted by atomic mass is 9.82. The number of thioether (sulfide) groups is 1. The van der Waals surface area contributed by atoms with Gasteiger partial charge in [-0.15, -0.1) is 11.8 Å². The Kier molecular flexibility index (Phi) is 4.90. The number of pyridine rings is 1. The fraction of sp³-hybridized carbons (Fsp3) is 0.258.